The summed E-state index contributed by atoms with van der Waals surface area (Å²) in [6, 6.07) is 2.46. The molecule has 0 radical (unpaired) electrons. The van der Waals surface area contributed by atoms with Gasteiger partial charge in [0.1, 0.15) is 0 Å². The first-order valence-corrected chi connectivity index (χ1v) is 7.36. The van der Waals surface area contributed by atoms with Gasteiger partial charge < -0.3 is 4.74 Å². The predicted octanol–water partition coefficient (Wildman–Crippen LogP) is 1.15. The number of hydrazine groups is 1. The summed E-state index contributed by atoms with van der Waals surface area (Å²) in [5.74, 6) is 6.34. The van der Waals surface area contributed by atoms with Gasteiger partial charge in [-0.25, -0.2) is 0 Å². The molecule has 2 aliphatic rings. The van der Waals surface area contributed by atoms with Gasteiger partial charge in [0.05, 0.1) is 17.9 Å². The molecule has 19 heavy (non-hydrogen) atoms. The minimum absolute atomic E-state index is 0.289. The Hall–Kier alpha value is -0.910. The van der Waals surface area contributed by atoms with Crippen LogP contribution in [-0.4, -0.2) is 28.0 Å². The van der Waals surface area contributed by atoms with E-state index in [0.29, 0.717) is 18.1 Å². The van der Waals surface area contributed by atoms with Crippen LogP contribution in [0, 0.1) is 12.8 Å². The minimum atomic E-state index is 0.289. The first-order valence-electron chi connectivity index (χ1n) is 7.36. The highest BCUT2D eigenvalue weighted by Crippen LogP contribution is 2.40. The average molecular weight is 264 g/mol. The van der Waals surface area contributed by atoms with Crippen molar-refractivity contribution in [1.29, 1.82) is 0 Å². The number of aromatic nitrogens is 2. The van der Waals surface area contributed by atoms with Crippen LogP contribution >= 0.6 is 0 Å². The molecule has 106 valence electrons. The van der Waals surface area contributed by atoms with Crippen molar-refractivity contribution >= 4 is 0 Å². The summed E-state index contributed by atoms with van der Waals surface area (Å²) in [5.41, 5.74) is 5.37. The summed E-state index contributed by atoms with van der Waals surface area (Å²) in [5, 5.41) is 4.51. The van der Waals surface area contributed by atoms with Crippen LogP contribution in [0.5, 0.6) is 0 Å². The van der Waals surface area contributed by atoms with Gasteiger partial charge in [-0.15, -0.1) is 0 Å². The lowest BCUT2D eigenvalue weighted by Crippen LogP contribution is -2.46. The third kappa shape index (κ3) is 2.42. The molecular formula is C14H24N4O. The van der Waals surface area contributed by atoms with Crippen LogP contribution in [0.15, 0.2) is 6.07 Å². The largest absolute Gasteiger partial charge is 0.375 e. The summed E-state index contributed by atoms with van der Waals surface area (Å²) in [4.78, 5) is 0. The minimum Gasteiger partial charge on any atom is -0.375 e. The Labute approximate surface area is 114 Å². The number of fused-ring (bicyclic) bond motifs is 2. The lowest BCUT2D eigenvalue weighted by atomic mass is 9.82. The molecule has 1 aromatic rings. The Morgan fingerprint density at radius 2 is 2.42 bits per heavy atom. The van der Waals surface area contributed by atoms with E-state index in [9.17, 15) is 0 Å². The summed E-state index contributed by atoms with van der Waals surface area (Å²) < 4.78 is 8.03. The highest BCUT2D eigenvalue weighted by atomic mass is 16.5. The molecule has 0 saturated carbocycles. The van der Waals surface area contributed by atoms with E-state index in [-0.39, 0.29) is 6.04 Å². The van der Waals surface area contributed by atoms with E-state index in [1.165, 1.54) is 18.5 Å². The molecule has 4 unspecified atom stereocenters. The van der Waals surface area contributed by atoms with Crippen LogP contribution in [-0.2, 0) is 17.7 Å². The zero-order valence-corrected chi connectivity index (χ0v) is 11.8. The van der Waals surface area contributed by atoms with Gasteiger partial charge >= 0.3 is 0 Å². The normalized spacial score (nSPS) is 31.0. The topological polar surface area (TPSA) is 65.1 Å². The van der Waals surface area contributed by atoms with Gasteiger partial charge in [-0.3, -0.25) is 16.0 Å². The molecule has 3 rings (SSSR count). The Bertz CT molecular complexity index is 445. The lowest BCUT2D eigenvalue weighted by Gasteiger charge is -2.28. The SMILES string of the molecule is CCn1nc(C)cc1CC(NN)C1CC2CCC1O2. The molecule has 0 aromatic carbocycles. The molecule has 1 aromatic heterocycles. The molecule has 4 atom stereocenters. The first kappa shape index (κ1) is 13.1. The Kier molecular flexibility index (Phi) is 3.60. The first-order chi connectivity index (χ1) is 9.21. The number of aryl methyl sites for hydroxylation is 2. The van der Waals surface area contributed by atoms with E-state index < -0.39 is 0 Å². The molecule has 0 spiro atoms. The van der Waals surface area contributed by atoms with Crippen LogP contribution < -0.4 is 11.3 Å². The van der Waals surface area contributed by atoms with Crippen molar-refractivity contribution in [3.05, 3.63) is 17.5 Å². The standard InChI is InChI=1S/C14H24N4O/c1-3-18-10(6-9(2)17-18)7-13(16-15)12-8-11-4-5-14(12)19-11/h6,11-14,16H,3-5,7-8,15H2,1-2H3. The summed E-state index contributed by atoms with van der Waals surface area (Å²) in [6.07, 6.45) is 5.39. The van der Waals surface area contributed by atoms with E-state index in [2.05, 4.69) is 28.2 Å². The van der Waals surface area contributed by atoms with Crippen molar-refractivity contribution in [3.63, 3.8) is 0 Å². The van der Waals surface area contributed by atoms with E-state index in [0.717, 1.165) is 25.1 Å². The molecule has 0 aliphatic carbocycles. The van der Waals surface area contributed by atoms with Gasteiger partial charge in [0.15, 0.2) is 0 Å². The molecule has 2 saturated heterocycles. The molecule has 2 aliphatic heterocycles. The molecular weight excluding hydrogens is 240 g/mol. The van der Waals surface area contributed by atoms with Crippen molar-refractivity contribution < 1.29 is 4.74 Å². The molecule has 2 fully saturated rings. The van der Waals surface area contributed by atoms with Crippen LogP contribution in [0.4, 0.5) is 0 Å². The number of nitrogens with two attached hydrogens (primary N) is 1. The van der Waals surface area contributed by atoms with Gasteiger partial charge in [0.25, 0.3) is 0 Å². The maximum atomic E-state index is 5.95. The van der Waals surface area contributed by atoms with Gasteiger partial charge in [-0.05, 0) is 39.2 Å². The quantitative estimate of drug-likeness (QED) is 0.618. The second kappa shape index (κ2) is 5.23. The van der Waals surface area contributed by atoms with E-state index in [4.69, 9.17) is 10.6 Å². The van der Waals surface area contributed by atoms with Gasteiger partial charge in [-0.2, -0.15) is 5.10 Å². The number of hydrogen-bond donors (Lipinski definition) is 2. The second-order valence-corrected chi connectivity index (χ2v) is 5.84. The second-order valence-electron chi connectivity index (χ2n) is 5.84. The van der Waals surface area contributed by atoms with E-state index >= 15 is 0 Å². The van der Waals surface area contributed by atoms with Crippen molar-refractivity contribution in [1.82, 2.24) is 15.2 Å². The molecule has 5 heteroatoms. The molecule has 5 nitrogen and oxygen atoms in total. The van der Waals surface area contributed by atoms with Crippen molar-refractivity contribution in [2.75, 3.05) is 0 Å². The third-order valence-corrected chi connectivity index (χ3v) is 4.60. The fraction of sp³-hybridized carbons (Fsp3) is 0.786. The van der Waals surface area contributed by atoms with Crippen LogP contribution in [0.1, 0.15) is 37.6 Å². The number of nitrogens with zero attached hydrogens (tertiary/aromatic N) is 2. The Morgan fingerprint density at radius 3 is 3.00 bits per heavy atom. The van der Waals surface area contributed by atoms with Gasteiger partial charge in [0.2, 0.25) is 0 Å². The Morgan fingerprint density at radius 1 is 1.58 bits per heavy atom. The Balaban J connectivity index is 1.72. The smallest absolute Gasteiger partial charge is 0.0624 e. The lowest BCUT2D eigenvalue weighted by molar-refractivity contribution is 0.0855. The van der Waals surface area contributed by atoms with E-state index in [1.54, 1.807) is 0 Å². The van der Waals surface area contributed by atoms with E-state index in [1.807, 2.05) is 6.92 Å². The van der Waals surface area contributed by atoms with Crippen molar-refractivity contribution in [2.45, 2.75) is 64.3 Å². The third-order valence-electron chi connectivity index (χ3n) is 4.60. The fourth-order valence-electron chi connectivity index (χ4n) is 3.70. The van der Waals surface area contributed by atoms with Gasteiger partial charge in [-0.1, -0.05) is 0 Å². The highest BCUT2D eigenvalue weighted by molar-refractivity contribution is 5.11. The van der Waals surface area contributed by atoms with Crippen molar-refractivity contribution in [3.8, 4) is 0 Å². The number of rotatable bonds is 5. The number of ether oxygens (including phenoxy) is 1. The number of hydrogen-bond acceptors (Lipinski definition) is 4. The summed E-state index contributed by atoms with van der Waals surface area (Å²) in [7, 11) is 0. The summed E-state index contributed by atoms with van der Waals surface area (Å²) in [6.45, 7) is 5.08. The molecule has 2 bridgehead atoms. The fourth-order valence-corrected chi connectivity index (χ4v) is 3.70. The van der Waals surface area contributed by atoms with Crippen LogP contribution in [0.2, 0.25) is 0 Å². The van der Waals surface area contributed by atoms with Crippen molar-refractivity contribution in [2.24, 2.45) is 11.8 Å². The monoisotopic (exact) mass is 264 g/mol. The highest BCUT2D eigenvalue weighted by Gasteiger charge is 2.44. The molecule has 3 N–H and O–H groups in total. The average Bonchev–Trinajstić information content (AvgIpc) is 3.10. The number of nitrogens with one attached hydrogen (secondary N) is 1. The zero-order chi connectivity index (χ0) is 13.4. The summed E-state index contributed by atoms with van der Waals surface area (Å²) >= 11 is 0. The zero-order valence-electron chi connectivity index (χ0n) is 11.8. The molecule has 3 heterocycles. The van der Waals surface area contributed by atoms with Crippen LogP contribution in [0.3, 0.4) is 0 Å². The predicted molar refractivity (Wildman–Crippen MR) is 73.5 cm³/mol. The van der Waals surface area contributed by atoms with Crippen LogP contribution in [0.25, 0.3) is 0 Å². The maximum Gasteiger partial charge on any atom is 0.0624 e. The maximum absolute atomic E-state index is 5.95. The molecule has 0 amide bonds. The van der Waals surface area contributed by atoms with Gasteiger partial charge in [0, 0.05) is 30.6 Å².